The van der Waals surface area contributed by atoms with Crippen molar-refractivity contribution in [1.29, 1.82) is 0 Å². The molecule has 0 radical (unpaired) electrons. The van der Waals surface area contributed by atoms with Crippen LogP contribution in [0.1, 0.15) is 37.7 Å². The van der Waals surface area contributed by atoms with Crippen LogP contribution in [0.25, 0.3) is 0 Å². The van der Waals surface area contributed by atoms with Crippen molar-refractivity contribution < 1.29 is 0 Å². The smallest absolute Gasteiger partial charge is 0.211 e. The summed E-state index contributed by atoms with van der Waals surface area (Å²) in [6.07, 6.45) is 6.36. The monoisotopic (exact) mass is 318 g/mol. The van der Waals surface area contributed by atoms with E-state index in [1.807, 2.05) is 0 Å². The SMILES string of the molecule is Cl.NC(N)=N/N=C1\C2C[C@@H]3C[C@H](C2)CC1(c1ccccc1)C3. The predicted molar refractivity (Wildman–Crippen MR) is 92.2 cm³/mol. The van der Waals surface area contributed by atoms with Crippen molar-refractivity contribution in [3.05, 3.63) is 35.9 Å². The molecule has 4 aliphatic rings. The van der Waals surface area contributed by atoms with Crippen LogP contribution in [0.5, 0.6) is 0 Å². The van der Waals surface area contributed by atoms with Crippen molar-refractivity contribution in [2.45, 2.75) is 37.5 Å². The molecule has 4 fully saturated rings. The Morgan fingerprint density at radius 2 is 1.64 bits per heavy atom. The lowest BCUT2D eigenvalue weighted by molar-refractivity contribution is 0.0871. The molecule has 4 bridgehead atoms. The average molecular weight is 319 g/mol. The number of nitrogens with zero attached hydrogens (tertiary/aromatic N) is 2. The Kier molecular flexibility index (Phi) is 3.89. The fourth-order valence-corrected chi connectivity index (χ4v) is 5.22. The van der Waals surface area contributed by atoms with Crippen LogP contribution in [-0.4, -0.2) is 11.7 Å². The van der Waals surface area contributed by atoms with Crippen molar-refractivity contribution in [1.82, 2.24) is 0 Å². The van der Waals surface area contributed by atoms with E-state index < -0.39 is 0 Å². The lowest BCUT2D eigenvalue weighted by atomic mass is 9.47. The second-order valence-corrected chi connectivity index (χ2v) is 7.00. The summed E-state index contributed by atoms with van der Waals surface area (Å²) in [4.78, 5) is 0. The average Bonchev–Trinajstić information content (AvgIpc) is 2.46. The molecule has 0 amide bonds. The molecule has 0 spiro atoms. The van der Waals surface area contributed by atoms with Gasteiger partial charge in [0, 0.05) is 11.3 Å². The lowest BCUT2D eigenvalue weighted by Gasteiger charge is -2.57. The van der Waals surface area contributed by atoms with E-state index in [4.69, 9.17) is 11.5 Å². The largest absolute Gasteiger partial charge is 0.369 e. The quantitative estimate of drug-likeness (QED) is 0.500. The summed E-state index contributed by atoms with van der Waals surface area (Å²) in [5, 5.41) is 8.53. The highest BCUT2D eigenvalue weighted by Crippen LogP contribution is 2.59. The Balaban J connectivity index is 0.00000144. The van der Waals surface area contributed by atoms with Crippen molar-refractivity contribution >= 4 is 24.1 Å². The van der Waals surface area contributed by atoms with Gasteiger partial charge < -0.3 is 11.5 Å². The van der Waals surface area contributed by atoms with Crippen LogP contribution in [-0.2, 0) is 5.41 Å². The van der Waals surface area contributed by atoms with Gasteiger partial charge in [0.1, 0.15) is 0 Å². The molecular formula is C17H23ClN4. The molecule has 4 nitrogen and oxygen atoms in total. The van der Waals surface area contributed by atoms with E-state index >= 15 is 0 Å². The molecular weight excluding hydrogens is 296 g/mol. The Labute approximate surface area is 137 Å². The van der Waals surface area contributed by atoms with Crippen LogP contribution < -0.4 is 11.5 Å². The van der Waals surface area contributed by atoms with Gasteiger partial charge in [-0.25, -0.2) is 0 Å². The number of halogens is 1. The van der Waals surface area contributed by atoms with Crippen LogP contribution >= 0.6 is 12.4 Å². The molecule has 5 rings (SSSR count). The highest BCUT2D eigenvalue weighted by atomic mass is 35.5. The first kappa shape index (κ1) is 15.3. The summed E-state index contributed by atoms with van der Waals surface area (Å²) in [5.41, 5.74) is 13.7. The maximum absolute atomic E-state index is 5.50. The summed E-state index contributed by atoms with van der Waals surface area (Å²) in [7, 11) is 0. The van der Waals surface area contributed by atoms with E-state index in [1.54, 1.807) is 0 Å². The Morgan fingerprint density at radius 1 is 1.00 bits per heavy atom. The zero-order valence-corrected chi connectivity index (χ0v) is 13.4. The maximum atomic E-state index is 5.50. The highest BCUT2D eigenvalue weighted by molar-refractivity contribution is 5.99. The third kappa shape index (κ3) is 2.30. The Hall–Kier alpha value is -1.55. The van der Waals surface area contributed by atoms with Gasteiger partial charge in [-0.15, -0.1) is 17.5 Å². The second kappa shape index (κ2) is 5.58. The molecule has 5 heteroatoms. The van der Waals surface area contributed by atoms with Crippen LogP contribution in [0.2, 0.25) is 0 Å². The minimum Gasteiger partial charge on any atom is -0.369 e. The molecule has 22 heavy (non-hydrogen) atoms. The van der Waals surface area contributed by atoms with Crippen molar-refractivity contribution in [2.24, 2.45) is 39.4 Å². The Bertz CT molecular complexity index is 592. The Morgan fingerprint density at radius 3 is 2.23 bits per heavy atom. The summed E-state index contributed by atoms with van der Waals surface area (Å²) in [6.45, 7) is 0. The van der Waals surface area contributed by atoms with E-state index in [9.17, 15) is 0 Å². The summed E-state index contributed by atoms with van der Waals surface area (Å²) in [6, 6.07) is 10.8. The first-order valence-electron chi connectivity index (χ1n) is 7.90. The first-order chi connectivity index (χ1) is 10.2. The van der Waals surface area contributed by atoms with Gasteiger partial charge in [0.2, 0.25) is 5.96 Å². The van der Waals surface area contributed by atoms with Gasteiger partial charge in [0.25, 0.3) is 0 Å². The predicted octanol–water partition coefficient (Wildman–Crippen LogP) is 2.82. The number of rotatable bonds is 2. The van der Waals surface area contributed by atoms with Gasteiger partial charge >= 0.3 is 0 Å². The molecule has 0 aromatic heterocycles. The van der Waals surface area contributed by atoms with Crippen molar-refractivity contribution in [3.63, 3.8) is 0 Å². The molecule has 0 saturated heterocycles. The molecule has 4 atom stereocenters. The third-order valence-electron chi connectivity index (χ3n) is 5.65. The molecule has 4 N–H and O–H groups in total. The van der Waals surface area contributed by atoms with Gasteiger partial charge in [-0.2, -0.15) is 5.10 Å². The second-order valence-electron chi connectivity index (χ2n) is 7.00. The standard InChI is InChI=1S/C17H22N4.ClH/c18-16(19)21-20-15-13-7-11-6-12(8-13)10-17(15,9-11)14-4-2-1-3-5-14;/h1-5,11-13H,6-10H2,(H4,18,19,21);1H/b20-15+;/t11-,12+,13?,17?;. The fraction of sp³-hybridized carbons (Fsp3) is 0.529. The van der Waals surface area contributed by atoms with Gasteiger partial charge in [0.15, 0.2) is 0 Å². The molecule has 118 valence electrons. The van der Waals surface area contributed by atoms with Crippen LogP contribution in [0, 0.1) is 17.8 Å². The molecule has 1 aromatic rings. The van der Waals surface area contributed by atoms with Gasteiger partial charge in [-0.3, -0.25) is 0 Å². The topological polar surface area (TPSA) is 76.8 Å². The van der Waals surface area contributed by atoms with E-state index in [1.165, 1.54) is 43.4 Å². The highest BCUT2D eigenvalue weighted by Gasteiger charge is 2.56. The normalized spacial score (nSPS) is 36.9. The van der Waals surface area contributed by atoms with Gasteiger partial charge in [-0.05, 0) is 49.5 Å². The number of hydrogen-bond donors (Lipinski definition) is 2. The van der Waals surface area contributed by atoms with E-state index in [-0.39, 0.29) is 23.8 Å². The summed E-state index contributed by atoms with van der Waals surface area (Å²) >= 11 is 0. The first-order valence-corrected chi connectivity index (χ1v) is 7.90. The molecule has 0 heterocycles. The van der Waals surface area contributed by atoms with Crippen LogP contribution in [0.3, 0.4) is 0 Å². The third-order valence-corrected chi connectivity index (χ3v) is 5.65. The zero-order valence-electron chi connectivity index (χ0n) is 12.6. The van der Waals surface area contributed by atoms with E-state index in [0.717, 1.165) is 11.8 Å². The van der Waals surface area contributed by atoms with Crippen molar-refractivity contribution in [2.75, 3.05) is 0 Å². The molecule has 2 unspecified atom stereocenters. The zero-order chi connectivity index (χ0) is 14.4. The fourth-order valence-electron chi connectivity index (χ4n) is 5.22. The van der Waals surface area contributed by atoms with Crippen molar-refractivity contribution in [3.8, 4) is 0 Å². The lowest BCUT2D eigenvalue weighted by Crippen LogP contribution is -2.55. The van der Waals surface area contributed by atoms with E-state index in [2.05, 4.69) is 40.5 Å². The molecule has 1 aromatic carbocycles. The summed E-state index contributed by atoms with van der Waals surface area (Å²) < 4.78 is 0. The minimum absolute atomic E-state index is 0. The minimum atomic E-state index is 0. The van der Waals surface area contributed by atoms with Crippen LogP contribution in [0.15, 0.2) is 40.5 Å². The van der Waals surface area contributed by atoms with Gasteiger partial charge in [-0.1, -0.05) is 30.3 Å². The summed E-state index contributed by atoms with van der Waals surface area (Å²) in [5.74, 6) is 2.32. The molecule has 4 aliphatic carbocycles. The van der Waals surface area contributed by atoms with E-state index in [0.29, 0.717) is 5.92 Å². The number of nitrogens with two attached hydrogens (primary N) is 2. The number of benzene rings is 1. The number of guanidine groups is 1. The van der Waals surface area contributed by atoms with Crippen LogP contribution in [0.4, 0.5) is 0 Å². The molecule has 0 aliphatic heterocycles. The maximum Gasteiger partial charge on any atom is 0.211 e. The molecule has 4 saturated carbocycles. The number of hydrogen-bond acceptors (Lipinski definition) is 2. The van der Waals surface area contributed by atoms with Gasteiger partial charge in [0.05, 0.1) is 5.71 Å².